The summed E-state index contributed by atoms with van der Waals surface area (Å²) >= 11 is 5.25. The zero-order chi connectivity index (χ0) is 19.5. The molecule has 5 nitrogen and oxygen atoms in total. The molecule has 2 rings (SSSR count). The molecular formula is C21H22N2O3S. The number of Topliss-reactive ketones (excluding diaryl/α,β-unsaturated/α-hetero) is 1. The maximum absolute atomic E-state index is 12.4. The van der Waals surface area contributed by atoms with E-state index < -0.39 is 0 Å². The molecule has 0 saturated heterocycles. The molecule has 1 heterocycles. The van der Waals surface area contributed by atoms with Crippen LogP contribution in [0.1, 0.15) is 22.3 Å². The third kappa shape index (κ3) is 7.13. The Morgan fingerprint density at radius 3 is 2.70 bits per heavy atom. The van der Waals surface area contributed by atoms with E-state index in [1.54, 1.807) is 49.9 Å². The zero-order valence-corrected chi connectivity index (χ0v) is 15.9. The Kier molecular flexibility index (Phi) is 8.35. The highest BCUT2D eigenvalue weighted by Crippen LogP contribution is 2.11. The molecule has 0 aliphatic carbocycles. The lowest BCUT2D eigenvalue weighted by atomic mass is 10.0. The van der Waals surface area contributed by atoms with Crippen LogP contribution in [0.3, 0.4) is 0 Å². The van der Waals surface area contributed by atoms with Crippen LogP contribution < -0.4 is 5.32 Å². The van der Waals surface area contributed by atoms with Gasteiger partial charge in [0.05, 0.1) is 37.0 Å². The Bertz CT molecular complexity index is 815. The van der Waals surface area contributed by atoms with Gasteiger partial charge in [-0.2, -0.15) is 0 Å². The molecule has 0 atom stereocenters. The summed E-state index contributed by atoms with van der Waals surface area (Å²) < 4.78 is 5.11. The summed E-state index contributed by atoms with van der Waals surface area (Å²) in [5, 5.41) is 11.9. The molecule has 0 saturated carbocycles. The van der Waals surface area contributed by atoms with Crippen LogP contribution in [0.15, 0.2) is 72.8 Å². The number of carbonyl (C=O) groups is 1. The van der Waals surface area contributed by atoms with E-state index in [-0.39, 0.29) is 18.8 Å². The van der Waals surface area contributed by atoms with Gasteiger partial charge in [0.1, 0.15) is 5.76 Å². The van der Waals surface area contributed by atoms with Gasteiger partial charge in [-0.15, -0.1) is 0 Å². The predicted molar refractivity (Wildman–Crippen MR) is 111 cm³/mol. The number of methoxy groups -OCH3 is 1. The topological polar surface area (TPSA) is 71.5 Å². The van der Waals surface area contributed by atoms with Gasteiger partial charge in [0.2, 0.25) is 0 Å². The van der Waals surface area contributed by atoms with Crippen molar-refractivity contribution in [1.29, 1.82) is 0 Å². The smallest absolute Gasteiger partial charge is 0.169 e. The first-order chi connectivity index (χ1) is 13.1. The maximum atomic E-state index is 12.4. The number of benzene rings is 1. The lowest BCUT2D eigenvalue weighted by Crippen LogP contribution is -2.14. The standard InChI is InChI=1S/C21H22N2O3S/c1-26-19(11-13-24)6-2-4-16-7-9-17(10-8-16)20(25)14-21(27)23-18-5-3-12-22-15-18/h2-3,5-12,15,24H,4,13-14H2,1H3,(H,23,27)/b6-2-,19-11+. The second-order valence-electron chi connectivity index (χ2n) is 5.69. The first-order valence-electron chi connectivity index (χ1n) is 8.46. The number of aliphatic hydroxyl groups excluding tert-OH is 1. The average Bonchev–Trinajstić information content (AvgIpc) is 2.68. The quantitative estimate of drug-likeness (QED) is 0.298. The van der Waals surface area contributed by atoms with E-state index in [4.69, 9.17) is 22.1 Å². The Labute approximate surface area is 164 Å². The molecule has 0 spiro atoms. The average molecular weight is 382 g/mol. The molecule has 140 valence electrons. The second kappa shape index (κ2) is 11.0. The van der Waals surface area contributed by atoms with Gasteiger partial charge in [-0.25, -0.2) is 0 Å². The van der Waals surface area contributed by atoms with Crippen LogP contribution in [0.5, 0.6) is 0 Å². The number of pyridine rings is 1. The van der Waals surface area contributed by atoms with Crippen LogP contribution in [0.4, 0.5) is 5.69 Å². The van der Waals surface area contributed by atoms with Crippen molar-refractivity contribution in [3.8, 4) is 0 Å². The van der Waals surface area contributed by atoms with Crippen LogP contribution in [-0.4, -0.2) is 34.6 Å². The van der Waals surface area contributed by atoms with E-state index >= 15 is 0 Å². The van der Waals surface area contributed by atoms with Crippen molar-refractivity contribution in [3.05, 3.63) is 83.9 Å². The van der Waals surface area contributed by atoms with Crippen LogP contribution in [0.2, 0.25) is 0 Å². The van der Waals surface area contributed by atoms with Crippen molar-refractivity contribution in [3.63, 3.8) is 0 Å². The fourth-order valence-electron chi connectivity index (χ4n) is 2.34. The van der Waals surface area contributed by atoms with E-state index in [9.17, 15) is 4.79 Å². The van der Waals surface area contributed by atoms with Crippen molar-refractivity contribution in [2.24, 2.45) is 0 Å². The minimum absolute atomic E-state index is 0.0361. The fourth-order valence-corrected chi connectivity index (χ4v) is 2.59. The second-order valence-corrected chi connectivity index (χ2v) is 6.18. The SMILES string of the molecule is COC(/C=C\Cc1ccc(C(=O)CC(=S)Nc2cccnc2)cc1)=C/CO. The van der Waals surface area contributed by atoms with E-state index in [0.717, 1.165) is 11.3 Å². The van der Waals surface area contributed by atoms with Gasteiger partial charge in [-0.05, 0) is 36.3 Å². The molecule has 0 aliphatic rings. The number of aromatic nitrogens is 1. The number of hydrogen-bond donors (Lipinski definition) is 2. The number of hydrogen-bond acceptors (Lipinski definition) is 5. The van der Waals surface area contributed by atoms with Crippen LogP contribution in [0.25, 0.3) is 0 Å². The largest absolute Gasteiger partial charge is 0.497 e. The maximum Gasteiger partial charge on any atom is 0.169 e. The van der Waals surface area contributed by atoms with E-state index in [0.29, 0.717) is 22.7 Å². The number of nitrogens with one attached hydrogen (secondary N) is 1. The third-order valence-electron chi connectivity index (χ3n) is 3.71. The van der Waals surface area contributed by atoms with Crippen molar-refractivity contribution < 1.29 is 14.6 Å². The number of carbonyl (C=O) groups excluding carboxylic acids is 1. The summed E-state index contributed by atoms with van der Waals surface area (Å²) in [5.41, 5.74) is 2.46. The normalized spacial score (nSPS) is 11.4. The number of ether oxygens (including phenoxy) is 1. The van der Waals surface area contributed by atoms with Gasteiger partial charge in [0.25, 0.3) is 0 Å². The molecular weight excluding hydrogens is 360 g/mol. The highest BCUT2D eigenvalue weighted by Gasteiger charge is 2.09. The summed E-state index contributed by atoms with van der Waals surface area (Å²) in [5.74, 6) is 0.574. The van der Waals surface area contributed by atoms with Gasteiger partial charge in [-0.3, -0.25) is 9.78 Å². The van der Waals surface area contributed by atoms with Gasteiger partial charge >= 0.3 is 0 Å². The molecule has 1 aromatic heterocycles. The number of ketones is 1. The van der Waals surface area contributed by atoms with Gasteiger partial charge in [0.15, 0.2) is 5.78 Å². The van der Waals surface area contributed by atoms with E-state index in [1.165, 1.54) is 0 Å². The Morgan fingerprint density at radius 2 is 2.07 bits per heavy atom. The minimum Gasteiger partial charge on any atom is -0.497 e. The molecule has 0 bridgehead atoms. The number of anilines is 1. The van der Waals surface area contributed by atoms with Gasteiger partial charge < -0.3 is 15.2 Å². The molecule has 0 aliphatic heterocycles. The molecule has 6 heteroatoms. The summed E-state index contributed by atoms with van der Waals surface area (Å²) in [6.45, 7) is -0.0676. The summed E-state index contributed by atoms with van der Waals surface area (Å²) in [4.78, 5) is 16.8. The number of thiocarbonyl (C=S) groups is 1. The first kappa shape index (κ1) is 20.5. The number of rotatable bonds is 9. The molecule has 1 aromatic carbocycles. The predicted octanol–water partition coefficient (Wildman–Crippen LogP) is 3.72. The molecule has 0 amide bonds. The molecule has 2 N–H and O–H groups in total. The summed E-state index contributed by atoms with van der Waals surface area (Å²) in [6, 6.07) is 11.1. The third-order valence-corrected chi connectivity index (χ3v) is 3.95. The van der Waals surface area contributed by atoms with Crippen molar-refractivity contribution >= 4 is 28.7 Å². The lowest BCUT2D eigenvalue weighted by Gasteiger charge is -2.07. The molecule has 0 unspecified atom stereocenters. The van der Waals surface area contributed by atoms with Gasteiger partial charge in [0, 0.05) is 11.8 Å². The van der Waals surface area contributed by atoms with Crippen molar-refractivity contribution in [2.75, 3.05) is 19.0 Å². The number of aliphatic hydroxyl groups is 1. The molecule has 2 aromatic rings. The Hall–Kier alpha value is -2.83. The lowest BCUT2D eigenvalue weighted by molar-refractivity contribution is 0.100. The van der Waals surface area contributed by atoms with Gasteiger partial charge in [-0.1, -0.05) is 42.6 Å². The molecule has 27 heavy (non-hydrogen) atoms. The highest BCUT2D eigenvalue weighted by molar-refractivity contribution is 7.80. The fraction of sp³-hybridized carbons (Fsp3) is 0.190. The number of allylic oxidation sites excluding steroid dienone is 2. The Balaban J connectivity index is 1.88. The molecule has 0 radical (unpaired) electrons. The number of nitrogens with zero attached hydrogens (tertiary/aromatic N) is 1. The van der Waals surface area contributed by atoms with Crippen LogP contribution >= 0.6 is 12.2 Å². The minimum atomic E-state index is -0.0676. The summed E-state index contributed by atoms with van der Waals surface area (Å²) in [7, 11) is 1.56. The first-order valence-corrected chi connectivity index (χ1v) is 8.86. The van der Waals surface area contributed by atoms with Crippen molar-refractivity contribution in [2.45, 2.75) is 12.8 Å². The van der Waals surface area contributed by atoms with Crippen molar-refractivity contribution in [1.82, 2.24) is 4.98 Å². The summed E-state index contributed by atoms with van der Waals surface area (Å²) in [6.07, 6.45) is 9.50. The Morgan fingerprint density at radius 1 is 1.30 bits per heavy atom. The highest BCUT2D eigenvalue weighted by atomic mass is 32.1. The van der Waals surface area contributed by atoms with E-state index in [2.05, 4.69) is 10.3 Å². The van der Waals surface area contributed by atoms with E-state index in [1.807, 2.05) is 24.3 Å². The van der Waals surface area contributed by atoms with Crippen LogP contribution in [0, 0.1) is 0 Å². The zero-order valence-electron chi connectivity index (χ0n) is 15.1. The monoisotopic (exact) mass is 382 g/mol. The van der Waals surface area contributed by atoms with Crippen LogP contribution in [-0.2, 0) is 11.2 Å². The molecule has 0 fully saturated rings.